The van der Waals surface area contributed by atoms with Crippen molar-refractivity contribution < 1.29 is 24.0 Å². The van der Waals surface area contributed by atoms with E-state index < -0.39 is 16.9 Å². The second-order valence-corrected chi connectivity index (χ2v) is 4.21. The summed E-state index contributed by atoms with van der Waals surface area (Å²) in [6.45, 7) is 3.76. The molecule has 122 valence electrons. The van der Waals surface area contributed by atoms with Gasteiger partial charge in [-0.3, -0.25) is 10.1 Å². The van der Waals surface area contributed by atoms with Crippen molar-refractivity contribution in [1.29, 1.82) is 0 Å². The number of rotatable bonds is 7. The van der Waals surface area contributed by atoms with Crippen LogP contribution >= 0.6 is 0 Å². The van der Waals surface area contributed by atoms with Crippen LogP contribution in [0.2, 0.25) is 0 Å². The molecule has 0 bridgehead atoms. The normalized spacial score (nSPS) is 10.9. The Kier molecular flexibility index (Phi) is 7.19. The van der Waals surface area contributed by atoms with Crippen LogP contribution in [0.5, 0.6) is 0 Å². The number of benzene rings is 1. The van der Waals surface area contributed by atoms with E-state index in [1.807, 2.05) is 0 Å². The molecule has 7 heteroatoms. The fraction of sp³-hybridized carbons (Fsp3) is 0.250. The van der Waals surface area contributed by atoms with Crippen LogP contribution < -0.4 is 0 Å². The third-order valence-electron chi connectivity index (χ3n) is 2.65. The highest BCUT2D eigenvalue weighted by Crippen LogP contribution is 2.26. The summed E-state index contributed by atoms with van der Waals surface area (Å²) < 4.78 is 9.46. The van der Waals surface area contributed by atoms with Crippen molar-refractivity contribution in [1.82, 2.24) is 0 Å². The summed E-state index contributed by atoms with van der Waals surface area (Å²) in [6, 6.07) is 4.58. The highest BCUT2D eigenvalue weighted by atomic mass is 16.6. The first kappa shape index (κ1) is 18.1. The standard InChI is InChI=1S/C16H17NO6/c1-3-22-14(18)10-8-12-6-5-7-13(16(12)17(20)21)9-11-15(19)23-4-2/h5-11H,3-4H2,1-2H3. The molecule has 0 radical (unpaired) electrons. The quantitative estimate of drug-likeness (QED) is 0.332. The van der Waals surface area contributed by atoms with Crippen LogP contribution in [0.4, 0.5) is 5.69 Å². The number of para-hydroxylation sites is 1. The summed E-state index contributed by atoms with van der Waals surface area (Å²) in [4.78, 5) is 33.3. The Labute approximate surface area is 133 Å². The van der Waals surface area contributed by atoms with Crippen LogP contribution in [0.1, 0.15) is 25.0 Å². The number of nitro benzene ring substituents is 1. The molecule has 0 heterocycles. The van der Waals surface area contributed by atoms with Crippen molar-refractivity contribution in [3.05, 3.63) is 51.6 Å². The Hall–Kier alpha value is -2.96. The van der Waals surface area contributed by atoms with Gasteiger partial charge in [0.2, 0.25) is 0 Å². The van der Waals surface area contributed by atoms with Gasteiger partial charge in [0.15, 0.2) is 0 Å². The molecule has 7 nitrogen and oxygen atoms in total. The van der Waals surface area contributed by atoms with Gasteiger partial charge in [-0.1, -0.05) is 6.07 Å². The number of hydrogen-bond donors (Lipinski definition) is 0. The first-order valence-electron chi connectivity index (χ1n) is 6.96. The van der Waals surface area contributed by atoms with Gasteiger partial charge in [-0.2, -0.15) is 0 Å². The van der Waals surface area contributed by atoms with Gasteiger partial charge < -0.3 is 9.47 Å². The molecule has 1 aromatic carbocycles. The molecular weight excluding hydrogens is 302 g/mol. The Bertz CT molecular complexity index is 602. The molecule has 0 atom stereocenters. The summed E-state index contributed by atoms with van der Waals surface area (Å²) in [5, 5.41) is 11.3. The van der Waals surface area contributed by atoms with Crippen LogP contribution in [0.15, 0.2) is 30.4 Å². The first-order chi connectivity index (χ1) is 11.0. The molecule has 1 rings (SSSR count). The van der Waals surface area contributed by atoms with E-state index in [9.17, 15) is 19.7 Å². The van der Waals surface area contributed by atoms with Crippen molar-refractivity contribution in [2.45, 2.75) is 13.8 Å². The topological polar surface area (TPSA) is 95.7 Å². The molecule has 0 saturated carbocycles. The molecule has 0 aliphatic rings. The van der Waals surface area contributed by atoms with Crippen LogP contribution in [-0.2, 0) is 19.1 Å². The van der Waals surface area contributed by atoms with Crippen LogP contribution in [0, 0.1) is 10.1 Å². The van der Waals surface area contributed by atoms with Gasteiger partial charge in [0, 0.05) is 12.2 Å². The van der Waals surface area contributed by atoms with E-state index in [0.717, 1.165) is 12.2 Å². The molecule has 23 heavy (non-hydrogen) atoms. The van der Waals surface area contributed by atoms with Gasteiger partial charge in [-0.25, -0.2) is 9.59 Å². The third-order valence-corrected chi connectivity index (χ3v) is 2.65. The van der Waals surface area contributed by atoms with Crippen LogP contribution in [-0.4, -0.2) is 30.1 Å². The lowest BCUT2D eigenvalue weighted by atomic mass is 10.1. The molecular formula is C16H17NO6. The molecule has 0 unspecified atom stereocenters. The SMILES string of the molecule is CCOC(=O)C=Cc1cccc(C=CC(=O)OCC)c1[N+](=O)[O-]. The Morgan fingerprint density at radius 1 is 1.04 bits per heavy atom. The maximum atomic E-state index is 11.3. The minimum absolute atomic E-state index is 0.214. The van der Waals surface area contributed by atoms with E-state index in [4.69, 9.17) is 9.47 Å². The summed E-state index contributed by atoms with van der Waals surface area (Å²) >= 11 is 0. The number of ether oxygens (including phenoxy) is 2. The monoisotopic (exact) mass is 319 g/mol. The lowest BCUT2D eigenvalue weighted by Crippen LogP contribution is -2.00. The lowest BCUT2D eigenvalue weighted by molar-refractivity contribution is -0.385. The molecule has 0 aliphatic heterocycles. The zero-order chi connectivity index (χ0) is 17.2. The number of hydrogen-bond acceptors (Lipinski definition) is 6. The van der Waals surface area contributed by atoms with E-state index >= 15 is 0 Å². The van der Waals surface area contributed by atoms with Crippen molar-refractivity contribution in [3.63, 3.8) is 0 Å². The molecule has 0 N–H and O–H groups in total. The van der Waals surface area contributed by atoms with Crippen molar-refractivity contribution >= 4 is 29.8 Å². The van der Waals surface area contributed by atoms with E-state index in [1.54, 1.807) is 19.9 Å². The van der Waals surface area contributed by atoms with Crippen LogP contribution in [0.25, 0.3) is 12.2 Å². The summed E-state index contributed by atoms with van der Waals surface area (Å²) in [5.41, 5.74) is 0.247. The maximum Gasteiger partial charge on any atom is 0.330 e. The molecule has 1 aromatic rings. The largest absolute Gasteiger partial charge is 0.463 e. The number of carbonyl (C=O) groups excluding carboxylic acids is 2. The van der Waals surface area contributed by atoms with Gasteiger partial charge in [-0.15, -0.1) is 0 Å². The third kappa shape index (κ3) is 5.74. The maximum absolute atomic E-state index is 11.3. The predicted molar refractivity (Wildman–Crippen MR) is 84.4 cm³/mol. The van der Waals surface area contributed by atoms with Crippen LogP contribution in [0.3, 0.4) is 0 Å². The average Bonchev–Trinajstić information content (AvgIpc) is 2.51. The van der Waals surface area contributed by atoms with Gasteiger partial charge in [0.25, 0.3) is 5.69 Å². The Morgan fingerprint density at radius 2 is 1.48 bits per heavy atom. The molecule has 0 saturated heterocycles. The Balaban J connectivity index is 3.14. The van der Waals surface area contributed by atoms with Gasteiger partial charge >= 0.3 is 11.9 Å². The average molecular weight is 319 g/mol. The second kappa shape index (κ2) is 9.14. The molecule has 0 spiro atoms. The molecule has 0 aromatic heterocycles. The molecule has 0 amide bonds. The number of carbonyl (C=O) groups is 2. The fourth-order valence-electron chi connectivity index (χ4n) is 1.76. The minimum Gasteiger partial charge on any atom is -0.463 e. The zero-order valence-electron chi connectivity index (χ0n) is 12.9. The highest BCUT2D eigenvalue weighted by molar-refractivity contribution is 5.90. The fourth-order valence-corrected chi connectivity index (χ4v) is 1.76. The zero-order valence-corrected chi connectivity index (χ0v) is 12.9. The molecule has 0 aliphatic carbocycles. The first-order valence-corrected chi connectivity index (χ1v) is 6.96. The summed E-state index contributed by atoms with van der Waals surface area (Å²) in [5.74, 6) is -1.18. The van der Waals surface area contributed by atoms with E-state index in [1.165, 1.54) is 24.3 Å². The number of esters is 2. The number of nitro groups is 1. The van der Waals surface area contributed by atoms with Gasteiger partial charge in [-0.05, 0) is 38.1 Å². The molecule has 0 fully saturated rings. The van der Waals surface area contributed by atoms with E-state index in [2.05, 4.69) is 0 Å². The predicted octanol–water partition coefficient (Wildman–Crippen LogP) is 2.75. The van der Waals surface area contributed by atoms with Gasteiger partial charge in [0.1, 0.15) is 0 Å². The smallest absolute Gasteiger partial charge is 0.330 e. The summed E-state index contributed by atoms with van der Waals surface area (Å²) in [6.07, 6.45) is 4.84. The van der Waals surface area contributed by atoms with Crippen molar-refractivity contribution in [3.8, 4) is 0 Å². The lowest BCUT2D eigenvalue weighted by Gasteiger charge is -2.02. The highest BCUT2D eigenvalue weighted by Gasteiger charge is 2.16. The Morgan fingerprint density at radius 3 is 1.83 bits per heavy atom. The van der Waals surface area contributed by atoms with Gasteiger partial charge in [0.05, 0.1) is 29.3 Å². The van der Waals surface area contributed by atoms with Crippen molar-refractivity contribution in [2.24, 2.45) is 0 Å². The number of nitrogens with zero attached hydrogens (tertiary/aromatic N) is 1. The van der Waals surface area contributed by atoms with E-state index in [-0.39, 0.29) is 30.0 Å². The second-order valence-electron chi connectivity index (χ2n) is 4.21. The van der Waals surface area contributed by atoms with E-state index in [0.29, 0.717) is 0 Å². The summed E-state index contributed by atoms with van der Waals surface area (Å²) in [7, 11) is 0. The van der Waals surface area contributed by atoms with Crippen molar-refractivity contribution in [2.75, 3.05) is 13.2 Å². The minimum atomic E-state index is -0.589.